The topological polar surface area (TPSA) is 93.2 Å². The van der Waals surface area contributed by atoms with Gasteiger partial charge in [-0.1, -0.05) is 54.5 Å². The van der Waals surface area contributed by atoms with Gasteiger partial charge < -0.3 is 15.4 Å². The molecule has 2 aromatic rings. The molecule has 1 heterocycles. The van der Waals surface area contributed by atoms with Crippen molar-refractivity contribution in [3.63, 3.8) is 0 Å². The number of ether oxygens (including phenoxy) is 1. The van der Waals surface area contributed by atoms with Crippen LogP contribution in [0.3, 0.4) is 0 Å². The van der Waals surface area contributed by atoms with Crippen LogP contribution in [0.25, 0.3) is 0 Å². The summed E-state index contributed by atoms with van der Waals surface area (Å²) in [5.74, 6) is -0.512. The number of carbonyl (C=O) groups is 2. The molecular formula is C18H22N4O3S2. The predicted octanol–water partition coefficient (Wildman–Crippen LogP) is 3.80. The van der Waals surface area contributed by atoms with Crippen LogP contribution < -0.4 is 10.6 Å². The number of esters is 1. The maximum Gasteiger partial charge on any atom is 0.339 e. The Morgan fingerprint density at radius 3 is 2.78 bits per heavy atom. The summed E-state index contributed by atoms with van der Waals surface area (Å²) in [6.07, 6.45) is 6.16. The van der Waals surface area contributed by atoms with Crippen LogP contribution in [0.15, 0.2) is 28.6 Å². The second-order valence-corrected chi connectivity index (χ2v) is 8.43. The number of para-hydroxylation sites is 1. The van der Waals surface area contributed by atoms with E-state index in [-0.39, 0.29) is 11.7 Å². The number of nitrogens with zero attached hydrogens (tertiary/aromatic N) is 2. The van der Waals surface area contributed by atoms with E-state index in [4.69, 9.17) is 4.74 Å². The van der Waals surface area contributed by atoms with Gasteiger partial charge in [-0.2, -0.15) is 0 Å². The number of amides is 1. The van der Waals surface area contributed by atoms with E-state index in [9.17, 15) is 9.59 Å². The maximum absolute atomic E-state index is 12.2. The van der Waals surface area contributed by atoms with Crippen LogP contribution in [0, 0.1) is 0 Å². The summed E-state index contributed by atoms with van der Waals surface area (Å²) in [6.45, 7) is 0. The van der Waals surface area contributed by atoms with Crippen molar-refractivity contribution in [2.45, 2.75) is 42.5 Å². The first kappa shape index (κ1) is 19.6. The summed E-state index contributed by atoms with van der Waals surface area (Å²) in [4.78, 5) is 24.0. The van der Waals surface area contributed by atoms with Crippen LogP contribution in [-0.4, -0.2) is 41.0 Å². The van der Waals surface area contributed by atoms with E-state index in [2.05, 4.69) is 20.8 Å². The third-order valence-electron chi connectivity index (χ3n) is 4.27. The third-order valence-corrected chi connectivity index (χ3v) is 6.26. The highest BCUT2D eigenvalue weighted by Gasteiger charge is 2.16. The van der Waals surface area contributed by atoms with Gasteiger partial charge in [0.25, 0.3) is 0 Å². The molecule has 144 valence electrons. The number of nitrogens with one attached hydrogen (secondary N) is 2. The van der Waals surface area contributed by atoms with E-state index in [1.165, 1.54) is 62.3 Å². The zero-order valence-corrected chi connectivity index (χ0v) is 16.7. The van der Waals surface area contributed by atoms with Crippen LogP contribution in [-0.2, 0) is 9.53 Å². The summed E-state index contributed by atoms with van der Waals surface area (Å²) >= 11 is 2.79. The Labute approximate surface area is 166 Å². The highest BCUT2D eigenvalue weighted by Crippen LogP contribution is 2.28. The summed E-state index contributed by atoms with van der Waals surface area (Å²) < 4.78 is 5.47. The number of methoxy groups -OCH3 is 1. The van der Waals surface area contributed by atoms with Gasteiger partial charge in [0.05, 0.1) is 24.1 Å². The molecule has 0 saturated heterocycles. The molecule has 0 bridgehead atoms. The molecule has 1 aliphatic rings. The molecule has 0 atom stereocenters. The molecule has 0 unspecified atom stereocenters. The number of anilines is 2. The lowest BCUT2D eigenvalue weighted by molar-refractivity contribution is -0.113. The summed E-state index contributed by atoms with van der Waals surface area (Å²) in [5.41, 5.74) is 0.764. The number of hydrogen-bond donors (Lipinski definition) is 2. The summed E-state index contributed by atoms with van der Waals surface area (Å²) in [5, 5.41) is 15.3. The molecule has 0 radical (unpaired) electrons. The van der Waals surface area contributed by atoms with Crippen molar-refractivity contribution in [2.24, 2.45) is 0 Å². The van der Waals surface area contributed by atoms with Gasteiger partial charge in [-0.3, -0.25) is 4.79 Å². The van der Waals surface area contributed by atoms with Crippen molar-refractivity contribution in [3.8, 4) is 0 Å². The lowest BCUT2D eigenvalue weighted by Crippen LogP contribution is -2.21. The van der Waals surface area contributed by atoms with Crippen LogP contribution in [0.2, 0.25) is 0 Å². The quantitative estimate of drug-likeness (QED) is 0.533. The summed E-state index contributed by atoms with van der Waals surface area (Å²) in [6, 6.07) is 7.24. The third kappa shape index (κ3) is 5.67. The second-order valence-electron chi connectivity index (χ2n) is 6.23. The van der Waals surface area contributed by atoms with E-state index in [0.29, 0.717) is 17.3 Å². The first-order valence-electron chi connectivity index (χ1n) is 8.85. The Balaban J connectivity index is 1.50. The number of carbonyl (C=O) groups excluding carboxylic acids is 2. The normalized spacial score (nSPS) is 14.6. The highest BCUT2D eigenvalue weighted by atomic mass is 32.2. The number of hydrogen-bond acceptors (Lipinski definition) is 8. The molecule has 0 aliphatic heterocycles. The van der Waals surface area contributed by atoms with E-state index >= 15 is 0 Å². The standard InChI is InChI=1S/C18H22N4O3S2/c1-25-16(24)13-9-5-6-10-14(13)20-15(23)11-26-18-22-21-17(27-18)19-12-7-3-2-4-8-12/h5-6,9-10,12H,2-4,7-8,11H2,1H3,(H,19,21)(H,20,23). The lowest BCUT2D eigenvalue weighted by Gasteiger charge is -2.21. The Morgan fingerprint density at radius 1 is 1.22 bits per heavy atom. The average Bonchev–Trinajstić information content (AvgIpc) is 3.14. The van der Waals surface area contributed by atoms with Crippen molar-refractivity contribution in [2.75, 3.05) is 23.5 Å². The van der Waals surface area contributed by atoms with Gasteiger partial charge in [-0.05, 0) is 25.0 Å². The van der Waals surface area contributed by atoms with Crippen LogP contribution in [0.4, 0.5) is 10.8 Å². The van der Waals surface area contributed by atoms with Gasteiger partial charge in [0.1, 0.15) is 0 Å². The molecule has 1 saturated carbocycles. The van der Waals surface area contributed by atoms with Gasteiger partial charge in [0.15, 0.2) is 4.34 Å². The Hall–Kier alpha value is -2.13. The fourth-order valence-electron chi connectivity index (χ4n) is 2.94. The van der Waals surface area contributed by atoms with Crippen molar-refractivity contribution in [1.29, 1.82) is 0 Å². The van der Waals surface area contributed by atoms with Gasteiger partial charge in [0.2, 0.25) is 11.0 Å². The number of rotatable bonds is 7. The lowest BCUT2D eigenvalue weighted by atomic mass is 9.96. The molecule has 1 aromatic carbocycles. The van der Waals surface area contributed by atoms with E-state index < -0.39 is 5.97 Å². The molecule has 2 N–H and O–H groups in total. The smallest absolute Gasteiger partial charge is 0.339 e. The van der Waals surface area contributed by atoms with Crippen LogP contribution >= 0.6 is 23.1 Å². The van der Waals surface area contributed by atoms with Crippen LogP contribution in [0.5, 0.6) is 0 Å². The fraction of sp³-hybridized carbons (Fsp3) is 0.444. The Kier molecular flexibility index (Phi) is 7.05. The Bertz CT molecular complexity index is 790. The van der Waals surface area contributed by atoms with Gasteiger partial charge >= 0.3 is 5.97 Å². The van der Waals surface area contributed by atoms with Crippen molar-refractivity contribution < 1.29 is 14.3 Å². The molecule has 27 heavy (non-hydrogen) atoms. The minimum Gasteiger partial charge on any atom is -0.465 e. The van der Waals surface area contributed by atoms with Crippen molar-refractivity contribution in [1.82, 2.24) is 10.2 Å². The highest BCUT2D eigenvalue weighted by molar-refractivity contribution is 8.01. The van der Waals surface area contributed by atoms with E-state index in [1.54, 1.807) is 24.3 Å². The Morgan fingerprint density at radius 2 is 2.00 bits per heavy atom. The predicted molar refractivity (Wildman–Crippen MR) is 108 cm³/mol. The van der Waals surface area contributed by atoms with Crippen LogP contribution in [0.1, 0.15) is 42.5 Å². The monoisotopic (exact) mass is 406 g/mol. The van der Waals surface area contributed by atoms with E-state index in [0.717, 1.165) is 9.47 Å². The SMILES string of the molecule is COC(=O)c1ccccc1NC(=O)CSc1nnc(NC2CCCCC2)s1. The van der Waals surface area contributed by atoms with Gasteiger partial charge in [-0.15, -0.1) is 10.2 Å². The molecule has 1 amide bonds. The van der Waals surface area contributed by atoms with Crippen molar-refractivity contribution in [3.05, 3.63) is 29.8 Å². The molecule has 9 heteroatoms. The molecule has 7 nitrogen and oxygen atoms in total. The average molecular weight is 407 g/mol. The second kappa shape index (κ2) is 9.70. The van der Waals surface area contributed by atoms with Gasteiger partial charge in [0, 0.05) is 6.04 Å². The zero-order chi connectivity index (χ0) is 19.1. The number of aromatic nitrogens is 2. The minimum atomic E-state index is -0.485. The fourth-order valence-corrected chi connectivity index (χ4v) is 4.57. The molecule has 1 fully saturated rings. The molecule has 0 spiro atoms. The largest absolute Gasteiger partial charge is 0.465 e. The molecule has 1 aliphatic carbocycles. The molecule has 3 rings (SSSR count). The number of thioether (sulfide) groups is 1. The summed E-state index contributed by atoms with van der Waals surface area (Å²) in [7, 11) is 1.31. The maximum atomic E-state index is 12.2. The first-order chi connectivity index (χ1) is 13.2. The molecular weight excluding hydrogens is 384 g/mol. The zero-order valence-electron chi connectivity index (χ0n) is 15.1. The molecule has 1 aromatic heterocycles. The first-order valence-corrected chi connectivity index (χ1v) is 10.7. The number of benzene rings is 1. The van der Waals surface area contributed by atoms with Gasteiger partial charge in [-0.25, -0.2) is 4.79 Å². The van der Waals surface area contributed by atoms with Crippen molar-refractivity contribution >= 4 is 45.8 Å². The minimum absolute atomic E-state index is 0.188. The van der Waals surface area contributed by atoms with E-state index in [1.807, 2.05) is 0 Å².